The summed E-state index contributed by atoms with van der Waals surface area (Å²) in [6, 6.07) is -0.169. The van der Waals surface area contributed by atoms with E-state index in [1.54, 1.807) is 0 Å². The Morgan fingerprint density at radius 3 is 1.74 bits per heavy atom. The summed E-state index contributed by atoms with van der Waals surface area (Å²) in [4.78, 5) is 11.5. The van der Waals surface area contributed by atoms with E-state index in [9.17, 15) is 13.2 Å². The van der Waals surface area contributed by atoms with E-state index >= 15 is 0 Å². The van der Waals surface area contributed by atoms with E-state index in [2.05, 4.69) is 38.1 Å². The van der Waals surface area contributed by atoms with Crippen molar-refractivity contribution in [3.8, 4) is 0 Å². The highest BCUT2D eigenvalue weighted by Crippen LogP contribution is 2.14. The minimum absolute atomic E-state index is 0.115. The van der Waals surface area contributed by atoms with Crippen LogP contribution in [0, 0.1) is 0 Å². The Balaban J connectivity index is 3.78. The third kappa shape index (κ3) is 26.6. The molecule has 1 unspecified atom stereocenters. The van der Waals surface area contributed by atoms with Crippen LogP contribution in [0.25, 0.3) is 0 Å². The first kappa shape index (κ1) is 34.7. The minimum Gasteiger partial charge on any atom is -0.351 e. The van der Waals surface area contributed by atoms with Crippen molar-refractivity contribution in [2.45, 2.75) is 116 Å². The second-order valence-corrected chi connectivity index (χ2v) is 14.2. The first-order valence-corrected chi connectivity index (χ1v) is 17.0. The molecule has 0 saturated carbocycles. The Labute approximate surface area is 222 Å². The first-order chi connectivity index (χ1) is 16.6. The fraction of sp³-hybridized carbons (Fsp3) is 0.963. The van der Waals surface area contributed by atoms with Crippen molar-refractivity contribution in [2.75, 3.05) is 51.5 Å². The zero-order chi connectivity index (χ0) is 26.4. The van der Waals surface area contributed by atoms with Crippen LogP contribution in [0.5, 0.6) is 0 Å². The van der Waals surface area contributed by atoms with E-state index in [1.165, 1.54) is 96.8 Å². The summed E-state index contributed by atoms with van der Waals surface area (Å²) in [6.07, 6.45) is 19.7. The molecular weight excluding hydrogens is 478 g/mol. The predicted molar refractivity (Wildman–Crippen MR) is 155 cm³/mol. The van der Waals surface area contributed by atoms with Crippen LogP contribution in [-0.2, 0) is 14.8 Å². The van der Waals surface area contributed by atoms with E-state index in [0.717, 1.165) is 22.5 Å². The molecule has 210 valence electrons. The van der Waals surface area contributed by atoms with Crippen LogP contribution in [0.2, 0.25) is 0 Å². The summed E-state index contributed by atoms with van der Waals surface area (Å²) in [5.74, 6) is 1.81. The van der Waals surface area contributed by atoms with Crippen molar-refractivity contribution in [3.63, 3.8) is 0 Å². The number of quaternary nitrogens is 1. The second kappa shape index (κ2) is 21.7. The SMILES string of the molecule is CCCCCCCCCCCCCCCCSCC(CNS(=O)(=O)CCC[N+](C)(C)C)NC(C)=O. The number of carbonyl (C=O) groups is 1. The monoisotopic (exact) mass is 536 g/mol. The number of hydrogen-bond donors (Lipinski definition) is 2. The van der Waals surface area contributed by atoms with Gasteiger partial charge in [-0.15, -0.1) is 0 Å². The summed E-state index contributed by atoms with van der Waals surface area (Å²) in [5, 5.41) is 2.90. The Bertz CT molecular complexity index is 607. The van der Waals surface area contributed by atoms with E-state index in [-0.39, 0.29) is 24.2 Å². The number of unbranched alkanes of at least 4 members (excludes halogenated alkanes) is 13. The van der Waals surface area contributed by atoms with Gasteiger partial charge in [-0.3, -0.25) is 4.79 Å². The molecule has 0 aromatic carbocycles. The number of carbonyl (C=O) groups excluding carboxylic acids is 1. The number of amides is 1. The van der Waals surface area contributed by atoms with Gasteiger partial charge in [-0.25, -0.2) is 13.1 Å². The summed E-state index contributed by atoms with van der Waals surface area (Å²) in [5.41, 5.74) is 0. The normalized spacial score (nSPS) is 13.2. The highest BCUT2D eigenvalue weighted by molar-refractivity contribution is 7.99. The van der Waals surface area contributed by atoms with Crippen molar-refractivity contribution in [2.24, 2.45) is 0 Å². The average molecular weight is 537 g/mol. The van der Waals surface area contributed by atoms with E-state index in [0.29, 0.717) is 6.42 Å². The molecule has 0 aliphatic carbocycles. The molecule has 0 saturated heterocycles. The van der Waals surface area contributed by atoms with Gasteiger partial charge >= 0.3 is 0 Å². The molecule has 0 aliphatic heterocycles. The Morgan fingerprint density at radius 2 is 1.29 bits per heavy atom. The molecule has 0 rings (SSSR count). The molecular formula is C27H58N3O3S2+. The summed E-state index contributed by atoms with van der Waals surface area (Å²) in [7, 11) is 2.86. The van der Waals surface area contributed by atoms with Gasteiger partial charge in [0.1, 0.15) is 0 Å². The zero-order valence-electron chi connectivity index (χ0n) is 23.7. The van der Waals surface area contributed by atoms with Crippen molar-refractivity contribution in [1.29, 1.82) is 0 Å². The van der Waals surface area contributed by atoms with E-state index in [1.807, 2.05) is 11.8 Å². The lowest BCUT2D eigenvalue weighted by molar-refractivity contribution is -0.870. The topological polar surface area (TPSA) is 75.3 Å². The molecule has 0 aliphatic rings. The van der Waals surface area contributed by atoms with Crippen LogP contribution < -0.4 is 10.0 Å². The van der Waals surface area contributed by atoms with Crippen LogP contribution in [0.3, 0.4) is 0 Å². The Morgan fingerprint density at radius 1 is 0.800 bits per heavy atom. The summed E-state index contributed by atoms with van der Waals surface area (Å²) in [6.45, 7) is 4.83. The average Bonchev–Trinajstić information content (AvgIpc) is 2.75. The van der Waals surface area contributed by atoms with Crippen LogP contribution in [-0.4, -0.2) is 76.3 Å². The second-order valence-electron chi connectivity index (χ2n) is 11.1. The van der Waals surface area contributed by atoms with Gasteiger partial charge in [0.15, 0.2) is 0 Å². The molecule has 0 heterocycles. The fourth-order valence-corrected chi connectivity index (χ4v) is 6.26. The van der Waals surface area contributed by atoms with Gasteiger partial charge in [-0.05, 0) is 12.2 Å². The van der Waals surface area contributed by atoms with Gasteiger partial charge in [-0.1, -0.05) is 90.4 Å². The smallest absolute Gasteiger partial charge is 0.217 e. The third-order valence-corrected chi connectivity index (χ3v) is 8.81. The predicted octanol–water partition coefficient (Wildman–Crippen LogP) is 5.72. The number of nitrogens with zero attached hydrogens (tertiary/aromatic N) is 1. The van der Waals surface area contributed by atoms with Crippen LogP contribution in [0.15, 0.2) is 0 Å². The molecule has 0 radical (unpaired) electrons. The molecule has 0 spiro atoms. The van der Waals surface area contributed by atoms with Crippen LogP contribution >= 0.6 is 11.8 Å². The number of rotatable bonds is 25. The molecule has 0 aromatic rings. The highest BCUT2D eigenvalue weighted by atomic mass is 32.2. The van der Waals surface area contributed by atoms with Gasteiger partial charge in [0.05, 0.1) is 39.5 Å². The van der Waals surface area contributed by atoms with Gasteiger partial charge in [0, 0.05) is 25.6 Å². The Kier molecular flexibility index (Phi) is 21.6. The molecule has 8 heteroatoms. The first-order valence-electron chi connectivity index (χ1n) is 14.2. The largest absolute Gasteiger partial charge is 0.351 e. The van der Waals surface area contributed by atoms with Gasteiger partial charge in [0.25, 0.3) is 0 Å². The molecule has 0 aromatic heterocycles. The number of sulfonamides is 1. The molecule has 0 bridgehead atoms. The van der Waals surface area contributed by atoms with Gasteiger partial charge in [0.2, 0.25) is 15.9 Å². The fourth-order valence-electron chi connectivity index (χ4n) is 4.09. The van der Waals surface area contributed by atoms with Gasteiger partial charge in [-0.2, -0.15) is 11.8 Å². The van der Waals surface area contributed by atoms with Crippen LogP contribution in [0.1, 0.15) is 110 Å². The lowest BCUT2D eigenvalue weighted by Crippen LogP contribution is -2.45. The van der Waals surface area contributed by atoms with Crippen LogP contribution in [0.4, 0.5) is 0 Å². The third-order valence-electron chi connectivity index (χ3n) is 6.16. The maximum absolute atomic E-state index is 12.3. The van der Waals surface area contributed by atoms with Crippen molar-refractivity contribution >= 4 is 27.7 Å². The standard InChI is InChI=1S/C27H57N3O3S2/c1-6-7-8-9-10-11-12-13-14-15-16-17-18-19-22-34-25-27(29-26(2)31)24-28-35(32,33)23-20-21-30(3,4)5/h27-28H,6-25H2,1-5H3/p+1. The number of nitrogens with one attached hydrogen (secondary N) is 2. The lowest BCUT2D eigenvalue weighted by atomic mass is 10.0. The molecule has 0 fully saturated rings. The minimum atomic E-state index is -3.32. The Hall–Kier alpha value is -0.310. The zero-order valence-corrected chi connectivity index (χ0v) is 25.3. The maximum atomic E-state index is 12.3. The highest BCUT2D eigenvalue weighted by Gasteiger charge is 2.17. The van der Waals surface area contributed by atoms with Crippen molar-refractivity contribution in [3.05, 3.63) is 0 Å². The molecule has 1 amide bonds. The quantitative estimate of drug-likeness (QED) is 0.116. The molecule has 6 nitrogen and oxygen atoms in total. The van der Waals surface area contributed by atoms with Gasteiger partial charge < -0.3 is 9.80 Å². The maximum Gasteiger partial charge on any atom is 0.217 e. The summed E-state index contributed by atoms with van der Waals surface area (Å²) < 4.78 is 28.0. The van der Waals surface area contributed by atoms with E-state index < -0.39 is 10.0 Å². The number of thioether (sulfide) groups is 1. The number of hydrogen-bond acceptors (Lipinski definition) is 4. The molecule has 2 N–H and O–H groups in total. The summed E-state index contributed by atoms with van der Waals surface area (Å²) >= 11 is 1.81. The molecule has 35 heavy (non-hydrogen) atoms. The lowest BCUT2D eigenvalue weighted by Gasteiger charge is -2.23. The molecule has 1 atom stereocenters. The van der Waals surface area contributed by atoms with Crippen molar-refractivity contribution < 1.29 is 17.7 Å². The van der Waals surface area contributed by atoms with Crippen molar-refractivity contribution in [1.82, 2.24) is 10.0 Å². The van der Waals surface area contributed by atoms with E-state index in [4.69, 9.17) is 0 Å².